The fourth-order valence-electron chi connectivity index (χ4n) is 2.96. The van der Waals surface area contributed by atoms with Crippen LogP contribution in [-0.2, 0) is 0 Å². The Morgan fingerprint density at radius 2 is 1.50 bits per heavy atom. The van der Waals surface area contributed by atoms with Crippen LogP contribution in [0.5, 0.6) is 0 Å². The highest BCUT2D eigenvalue weighted by Crippen LogP contribution is 2.22. The molecule has 4 nitrogen and oxygen atoms in total. The Hall–Kier alpha value is -3.79. The molecule has 0 saturated heterocycles. The van der Waals surface area contributed by atoms with E-state index in [9.17, 15) is 0 Å². The van der Waals surface area contributed by atoms with Crippen molar-refractivity contribution in [2.75, 3.05) is 6.54 Å². The summed E-state index contributed by atoms with van der Waals surface area (Å²) in [7, 11) is 0. The monoisotopic (exact) mass is 364 g/mol. The van der Waals surface area contributed by atoms with Crippen LogP contribution in [0, 0.1) is 0 Å². The molecule has 0 amide bonds. The quantitative estimate of drug-likeness (QED) is 0.644. The second-order valence-corrected chi connectivity index (χ2v) is 6.26. The van der Waals surface area contributed by atoms with Crippen LogP contribution in [0.15, 0.2) is 107 Å². The summed E-state index contributed by atoms with van der Waals surface area (Å²) >= 11 is 0. The minimum Gasteiger partial charge on any atom is -0.367 e. The molecule has 0 aliphatic carbocycles. The van der Waals surface area contributed by atoms with Crippen LogP contribution in [0.25, 0.3) is 16.7 Å². The van der Waals surface area contributed by atoms with Gasteiger partial charge in [0.25, 0.3) is 0 Å². The molecule has 1 aliphatic heterocycles. The normalized spacial score (nSPS) is 14.0. The lowest BCUT2D eigenvalue weighted by Crippen LogP contribution is -2.15. The molecule has 28 heavy (non-hydrogen) atoms. The highest BCUT2D eigenvalue weighted by molar-refractivity contribution is 6.17. The van der Waals surface area contributed by atoms with Gasteiger partial charge in [0.1, 0.15) is 5.82 Å². The summed E-state index contributed by atoms with van der Waals surface area (Å²) < 4.78 is 0. The highest BCUT2D eigenvalue weighted by atomic mass is 15.0. The third kappa shape index (κ3) is 4.48. The summed E-state index contributed by atoms with van der Waals surface area (Å²) in [6.07, 6.45) is 9.32. The lowest BCUT2D eigenvalue weighted by atomic mass is 10.0. The van der Waals surface area contributed by atoms with E-state index in [1.54, 1.807) is 18.6 Å². The summed E-state index contributed by atoms with van der Waals surface area (Å²) in [6.45, 7) is 0.755. The van der Waals surface area contributed by atoms with Crippen molar-refractivity contribution in [1.29, 1.82) is 0 Å². The number of dihydropyridines is 1. The second kappa shape index (κ2) is 8.73. The van der Waals surface area contributed by atoms with E-state index in [0.717, 1.165) is 23.5 Å². The van der Waals surface area contributed by atoms with Crippen molar-refractivity contribution in [1.82, 2.24) is 10.3 Å². The first-order valence-corrected chi connectivity index (χ1v) is 9.18. The SMILES string of the molecule is C1=C(/N=C/C=N/c2cc(-c3ccccc3)ccn2)NCC=C1c1ccccc1. The topological polar surface area (TPSA) is 49.6 Å². The number of pyridine rings is 1. The molecule has 0 bridgehead atoms. The molecule has 1 aliphatic rings. The van der Waals surface area contributed by atoms with Crippen molar-refractivity contribution in [3.63, 3.8) is 0 Å². The molecule has 0 atom stereocenters. The fraction of sp³-hybridized carbons (Fsp3) is 0.0417. The lowest BCUT2D eigenvalue weighted by Gasteiger charge is -2.12. The third-order valence-corrected chi connectivity index (χ3v) is 4.34. The van der Waals surface area contributed by atoms with E-state index in [2.05, 4.69) is 50.6 Å². The molecule has 0 saturated carbocycles. The van der Waals surface area contributed by atoms with Crippen LogP contribution in [0.4, 0.5) is 5.82 Å². The molecule has 2 aromatic carbocycles. The van der Waals surface area contributed by atoms with Gasteiger partial charge < -0.3 is 5.32 Å². The third-order valence-electron chi connectivity index (χ3n) is 4.34. The number of rotatable bonds is 5. The summed E-state index contributed by atoms with van der Waals surface area (Å²) in [4.78, 5) is 13.2. The predicted molar refractivity (Wildman–Crippen MR) is 117 cm³/mol. The minimum atomic E-state index is 0.656. The molecule has 0 unspecified atom stereocenters. The first-order valence-electron chi connectivity index (χ1n) is 9.18. The number of aromatic nitrogens is 1. The van der Waals surface area contributed by atoms with Gasteiger partial charge in [-0.25, -0.2) is 15.0 Å². The first-order chi connectivity index (χ1) is 13.9. The van der Waals surface area contributed by atoms with Crippen molar-refractivity contribution in [3.05, 3.63) is 103 Å². The average Bonchev–Trinajstić information content (AvgIpc) is 2.78. The Bertz CT molecular complexity index is 1050. The Balaban J connectivity index is 1.44. The predicted octanol–water partition coefficient (Wildman–Crippen LogP) is 5.05. The van der Waals surface area contributed by atoms with Crippen LogP contribution in [0.2, 0.25) is 0 Å². The van der Waals surface area contributed by atoms with E-state index in [0.29, 0.717) is 5.82 Å². The van der Waals surface area contributed by atoms with E-state index in [1.165, 1.54) is 11.1 Å². The summed E-state index contributed by atoms with van der Waals surface area (Å²) in [5, 5.41) is 3.26. The van der Waals surface area contributed by atoms with Crippen molar-refractivity contribution in [2.24, 2.45) is 9.98 Å². The number of hydrogen-bond donors (Lipinski definition) is 1. The summed E-state index contributed by atoms with van der Waals surface area (Å²) in [6, 6.07) is 24.4. The molecular formula is C24H20N4. The largest absolute Gasteiger partial charge is 0.367 e. The first kappa shape index (κ1) is 17.6. The Labute approximate surface area is 164 Å². The van der Waals surface area contributed by atoms with E-state index in [1.807, 2.05) is 54.6 Å². The summed E-state index contributed by atoms with van der Waals surface area (Å²) in [5.74, 6) is 1.47. The van der Waals surface area contributed by atoms with Gasteiger partial charge in [0.2, 0.25) is 0 Å². The van der Waals surface area contributed by atoms with Crippen molar-refractivity contribution >= 4 is 23.8 Å². The highest BCUT2D eigenvalue weighted by Gasteiger charge is 2.04. The van der Waals surface area contributed by atoms with Gasteiger partial charge in [-0.15, -0.1) is 0 Å². The van der Waals surface area contributed by atoms with Crippen LogP contribution in [-0.4, -0.2) is 24.0 Å². The number of aliphatic imine (C=N–C) groups is 2. The molecular weight excluding hydrogens is 344 g/mol. The van der Waals surface area contributed by atoms with Gasteiger partial charge in [0.05, 0.1) is 0 Å². The second-order valence-electron chi connectivity index (χ2n) is 6.26. The lowest BCUT2D eigenvalue weighted by molar-refractivity contribution is 0.880. The number of nitrogens with zero attached hydrogens (tertiary/aromatic N) is 3. The van der Waals surface area contributed by atoms with Gasteiger partial charge >= 0.3 is 0 Å². The fourth-order valence-corrected chi connectivity index (χ4v) is 2.96. The standard InChI is InChI=1S/C24H20N4/c1-3-7-19(8-4-1)21-11-13-25-23(17-21)27-15-16-28-24-18-22(12-14-26-24)20-9-5-2-6-10-20/h1-13,15-18,26H,14H2/b27-15+,28-16+. The maximum Gasteiger partial charge on any atom is 0.152 e. The van der Waals surface area contributed by atoms with Crippen LogP contribution in [0.1, 0.15) is 5.56 Å². The van der Waals surface area contributed by atoms with E-state index < -0.39 is 0 Å². The van der Waals surface area contributed by atoms with Gasteiger partial charge in [0, 0.05) is 25.2 Å². The van der Waals surface area contributed by atoms with Gasteiger partial charge in [0.15, 0.2) is 5.82 Å². The Morgan fingerprint density at radius 3 is 2.29 bits per heavy atom. The van der Waals surface area contributed by atoms with E-state index >= 15 is 0 Å². The van der Waals surface area contributed by atoms with Gasteiger partial charge in [-0.05, 0) is 40.5 Å². The van der Waals surface area contributed by atoms with E-state index in [4.69, 9.17) is 0 Å². The zero-order valence-corrected chi connectivity index (χ0v) is 15.4. The average molecular weight is 364 g/mol. The molecule has 1 aromatic heterocycles. The number of hydrogen-bond acceptors (Lipinski definition) is 4. The van der Waals surface area contributed by atoms with Gasteiger partial charge in [-0.1, -0.05) is 66.7 Å². The van der Waals surface area contributed by atoms with Crippen molar-refractivity contribution < 1.29 is 0 Å². The van der Waals surface area contributed by atoms with Crippen LogP contribution >= 0.6 is 0 Å². The molecule has 4 heteroatoms. The van der Waals surface area contributed by atoms with Gasteiger partial charge in [-0.2, -0.15) is 0 Å². The van der Waals surface area contributed by atoms with Gasteiger partial charge in [-0.3, -0.25) is 0 Å². The minimum absolute atomic E-state index is 0.656. The van der Waals surface area contributed by atoms with Crippen LogP contribution < -0.4 is 5.32 Å². The number of benzene rings is 2. The van der Waals surface area contributed by atoms with Crippen molar-refractivity contribution in [2.45, 2.75) is 0 Å². The number of allylic oxidation sites excluding steroid dienone is 2. The molecule has 0 fully saturated rings. The molecule has 2 heterocycles. The molecule has 3 aromatic rings. The zero-order valence-electron chi connectivity index (χ0n) is 15.4. The van der Waals surface area contributed by atoms with Crippen molar-refractivity contribution in [3.8, 4) is 11.1 Å². The molecule has 0 spiro atoms. The Morgan fingerprint density at radius 1 is 0.786 bits per heavy atom. The zero-order chi connectivity index (χ0) is 19.0. The van der Waals surface area contributed by atoms with Crippen LogP contribution in [0.3, 0.4) is 0 Å². The smallest absolute Gasteiger partial charge is 0.152 e. The molecule has 4 rings (SSSR count). The maximum atomic E-state index is 4.46. The maximum absolute atomic E-state index is 4.46. The Kier molecular flexibility index (Phi) is 5.49. The number of nitrogens with one attached hydrogen (secondary N) is 1. The molecule has 0 radical (unpaired) electrons. The van der Waals surface area contributed by atoms with E-state index in [-0.39, 0.29) is 0 Å². The molecule has 1 N–H and O–H groups in total. The molecule has 136 valence electrons. The summed E-state index contributed by atoms with van der Waals surface area (Å²) in [5.41, 5.74) is 4.59.